The number of likely N-dealkylation sites (N-methyl/N-ethyl adjacent to an activating group) is 1. The lowest BCUT2D eigenvalue weighted by Gasteiger charge is -2.26. The number of carbonyl (C=O) groups is 3. The van der Waals surface area contributed by atoms with Crippen molar-refractivity contribution in [3.63, 3.8) is 0 Å². The number of Topliss-reactive ketones (excluding diaryl/α,β-unsaturated/α-hetero) is 1. The summed E-state index contributed by atoms with van der Waals surface area (Å²) in [6, 6.07) is 7.46. The van der Waals surface area contributed by atoms with Gasteiger partial charge in [-0.15, -0.1) is 0 Å². The van der Waals surface area contributed by atoms with Crippen LogP contribution in [-0.2, 0) is 24.5 Å². The number of fused-ring (bicyclic) bond motifs is 1. The number of ketones is 1. The number of anilines is 1. The Bertz CT molecular complexity index is 625. The lowest BCUT2D eigenvalue weighted by atomic mass is 9.75. The van der Waals surface area contributed by atoms with Gasteiger partial charge in [-0.25, -0.2) is 0 Å². The fourth-order valence-corrected chi connectivity index (χ4v) is 3.07. The maximum absolute atomic E-state index is 12.7. The van der Waals surface area contributed by atoms with E-state index in [1.54, 1.807) is 25.8 Å². The van der Waals surface area contributed by atoms with Crippen LogP contribution < -0.4 is 4.90 Å². The molecule has 1 amide bonds. The summed E-state index contributed by atoms with van der Waals surface area (Å²) in [5.41, 5.74) is 0.772. The normalized spacial score (nSPS) is 21.5. The summed E-state index contributed by atoms with van der Waals surface area (Å²) in [6.07, 6.45) is 0.126. The Balaban J connectivity index is 2.40. The minimum Gasteiger partial charge on any atom is -0.465 e. The first kappa shape index (κ1) is 16.2. The molecule has 0 spiro atoms. The SMILES string of the molecule is CCOC(=O)C(C[C@]1(C)C(=O)N(C)c2ccccc21)C(C)=O. The molecule has 118 valence electrons. The Morgan fingerprint density at radius 3 is 2.55 bits per heavy atom. The summed E-state index contributed by atoms with van der Waals surface area (Å²) in [6.45, 7) is 5.05. The number of nitrogens with zero attached hydrogens (tertiary/aromatic N) is 1. The highest BCUT2D eigenvalue weighted by Gasteiger charge is 2.48. The maximum atomic E-state index is 12.7. The van der Waals surface area contributed by atoms with Crippen LogP contribution in [0.5, 0.6) is 0 Å². The van der Waals surface area contributed by atoms with Gasteiger partial charge in [0, 0.05) is 12.7 Å². The van der Waals surface area contributed by atoms with Crippen LogP contribution in [0.15, 0.2) is 24.3 Å². The lowest BCUT2D eigenvalue weighted by molar-refractivity contribution is -0.152. The largest absolute Gasteiger partial charge is 0.465 e. The van der Waals surface area contributed by atoms with E-state index >= 15 is 0 Å². The van der Waals surface area contributed by atoms with Gasteiger partial charge in [0.1, 0.15) is 11.7 Å². The molecular formula is C17H21NO4. The van der Waals surface area contributed by atoms with Crippen LogP contribution in [-0.4, -0.2) is 31.3 Å². The smallest absolute Gasteiger partial charge is 0.316 e. The molecule has 5 nitrogen and oxygen atoms in total. The monoisotopic (exact) mass is 303 g/mol. The third-order valence-corrected chi connectivity index (χ3v) is 4.31. The maximum Gasteiger partial charge on any atom is 0.316 e. The average molecular weight is 303 g/mol. The number of rotatable bonds is 5. The van der Waals surface area contributed by atoms with Crippen molar-refractivity contribution in [2.75, 3.05) is 18.6 Å². The van der Waals surface area contributed by atoms with Crippen LogP contribution >= 0.6 is 0 Å². The quantitative estimate of drug-likeness (QED) is 0.617. The zero-order chi connectivity index (χ0) is 16.5. The van der Waals surface area contributed by atoms with Gasteiger partial charge >= 0.3 is 5.97 Å². The fourth-order valence-electron chi connectivity index (χ4n) is 3.07. The number of amides is 1. The van der Waals surface area contributed by atoms with Gasteiger partial charge in [0.15, 0.2) is 0 Å². The summed E-state index contributed by atoms with van der Waals surface area (Å²) in [7, 11) is 1.71. The number of ether oxygens (including phenoxy) is 1. The zero-order valence-electron chi connectivity index (χ0n) is 13.4. The molecule has 1 aromatic carbocycles. The molecule has 0 aliphatic carbocycles. The van der Waals surface area contributed by atoms with E-state index in [9.17, 15) is 14.4 Å². The Morgan fingerprint density at radius 2 is 1.95 bits per heavy atom. The summed E-state index contributed by atoms with van der Waals surface area (Å²) >= 11 is 0. The molecule has 0 bridgehead atoms. The lowest BCUT2D eigenvalue weighted by Crippen LogP contribution is -2.40. The van der Waals surface area contributed by atoms with E-state index in [0.29, 0.717) is 0 Å². The Hall–Kier alpha value is -2.17. The van der Waals surface area contributed by atoms with Crippen LogP contribution in [0.25, 0.3) is 0 Å². The highest BCUT2D eigenvalue weighted by Crippen LogP contribution is 2.44. The van der Waals surface area contributed by atoms with E-state index in [0.717, 1.165) is 11.3 Å². The number of para-hydroxylation sites is 1. The molecule has 0 saturated heterocycles. The highest BCUT2D eigenvalue weighted by molar-refractivity contribution is 6.08. The predicted molar refractivity (Wildman–Crippen MR) is 82.6 cm³/mol. The molecule has 1 aliphatic heterocycles. The minimum absolute atomic E-state index is 0.107. The van der Waals surface area contributed by atoms with Crippen LogP contribution in [0.4, 0.5) is 5.69 Å². The Morgan fingerprint density at radius 1 is 1.32 bits per heavy atom. The first-order chi connectivity index (χ1) is 10.3. The zero-order valence-corrected chi connectivity index (χ0v) is 13.4. The van der Waals surface area contributed by atoms with Crippen molar-refractivity contribution in [1.82, 2.24) is 0 Å². The van der Waals surface area contributed by atoms with Crippen molar-refractivity contribution in [2.45, 2.75) is 32.6 Å². The van der Waals surface area contributed by atoms with E-state index in [1.165, 1.54) is 6.92 Å². The summed E-state index contributed by atoms with van der Waals surface area (Å²) < 4.78 is 4.99. The molecule has 1 aliphatic rings. The molecule has 0 N–H and O–H groups in total. The molecule has 0 saturated carbocycles. The second-order valence-electron chi connectivity index (χ2n) is 5.83. The molecule has 22 heavy (non-hydrogen) atoms. The second-order valence-corrected chi connectivity index (χ2v) is 5.83. The number of hydrogen-bond acceptors (Lipinski definition) is 4. The van der Waals surface area contributed by atoms with Gasteiger partial charge in [-0.3, -0.25) is 14.4 Å². The van der Waals surface area contributed by atoms with Crippen LogP contribution in [0.3, 0.4) is 0 Å². The van der Waals surface area contributed by atoms with Crippen molar-refractivity contribution < 1.29 is 19.1 Å². The molecule has 2 atom stereocenters. The Labute approximate surface area is 130 Å². The third-order valence-electron chi connectivity index (χ3n) is 4.31. The molecular weight excluding hydrogens is 282 g/mol. The van der Waals surface area contributed by atoms with Gasteiger partial charge < -0.3 is 9.64 Å². The molecule has 2 rings (SSSR count). The highest BCUT2D eigenvalue weighted by atomic mass is 16.5. The van der Waals surface area contributed by atoms with E-state index in [2.05, 4.69) is 0 Å². The van der Waals surface area contributed by atoms with E-state index in [4.69, 9.17) is 4.74 Å². The van der Waals surface area contributed by atoms with Gasteiger partial charge in [-0.1, -0.05) is 18.2 Å². The predicted octanol–water partition coefficient (Wildman–Crippen LogP) is 2.08. The number of carbonyl (C=O) groups excluding carboxylic acids is 3. The number of esters is 1. The van der Waals surface area contributed by atoms with Gasteiger partial charge in [-0.05, 0) is 38.8 Å². The van der Waals surface area contributed by atoms with Crippen molar-refractivity contribution in [3.05, 3.63) is 29.8 Å². The Kier molecular flexibility index (Phi) is 4.35. The van der Waals surface area contributed by atoms with Crippen LogP contribution in [0.1, 0.15) is 32.8 Å². The van der Waals surface area contributed by atoms with E-state index < -0.39 is 17.3 Å². The van der Waals surface area contributed by atoms with Crippen LogP contribution in [0, 0.1) is 5.92 Å². The molecule has 1 heterocycles. The number of hydrogen-bond donors (Lipinski definition) is 0. The molecule has 0 radical (unpaired) electrons. The third kappa shape index (κ3) is 2.51. The summed E-state index contributed by atoms with van der Waals surface area (Å²) in [5, 5.41) is 0. The van der Waals surface area contributed by atoms with Crippen LogP contribution in [0.2, 0.25) is 0 Å². The van der Waals surface area contributed by atoms with Crippen molar-refractivity contribution in [1.29, 1.82) is 0 Å². The topological polar surface area (TPSA) is 63.7 Å². The van der Waals surface area contributed by atoms with Gasteiger partial charge in [-0.2, -0.15) is 0 Å². The van der Waals surface area contributed by atoms with E-state index in [-0.39, 0.29) is 24.7 Å². The minimum atomic E-state index is -0.923. The molecule has 0 aromatic heterocycles. The number of benzene rings is 1. The standard InChI is InChI=1S/C17H21NO4/c1-5-22-15(20)12(11(2)19)10-17(3)13-8-6-7-9-14(13)18(4)16(17)21/h6-9,12H,5,10H2,1-4H3/t12?,17-/m0/s1. The van der Waals surface area contributed by atoms with Crippen molar-refractivity contribution in [3.8, 4) is 0 Å². The van der Waals surface area contributed by atoms with Gasteiger partial charge in [0.05, 0.1) is 12.0 Å². The molecule has 0 fully saturated rings. The van der Waals surface area contributed by atoms with Gasteiger partial charge in [0.2, 0.25) is 5.91 Å². The van der Waals surface area contributed by atoms with Gasteiger partial charge in [0.25, 0.3) is 0 Å². The molecule has 5 heteroatoms. The first-order valence-electron chi connectivity index (χ1n) is 7.37. The molecule has 1 aromatic rings. The second kappa shape index (κ2) is 5.91. The molecule has 1 unspecified atom stereocenters. The summed E-state index contributed by atoms with van der Waals surface area (Å²) in [5.74, 6) is -1.87. The summed E-state index contributed by atoms with van der Waals surface area (Å²) in [4.78, 5) is 38.2. The van der Waals surface area contributed by atoms with Crippen molar-refractivity contribution >= 4 is 23.3 Å². The van der Waals surface area contributed by atoms with Crippen molar-refractivity contribution in [2.24, 2.45) is 5.92 Å². The average Bonchev–Trinajstić information content (AvgIpc) is 2.68. The van der Waals surface area contributed by atoms with E-state index in [1.807, 2.05) is 24.3 Å². The fraction of sp³-hybridized carbons (Fsp3) is 0.471. The first-order valence-corrected chi connectivity index (χ1v) is 7.37.